The zero-order valence-corrected chi connectivity index (χ0v) is 25.1. The molecular weight excluding hydrogens is 561 g/mol. The van der Waals surface area contributed by atoms with Crippen molar-refractivity contribution < 1.29 is 17.5 Å². The highest BCUT2D eigenvalue weighted by atomic mass is 32.2. The van der Waals surface area contributed by atoms with E-state index >= 15 is 0 Å². The number of rotatable bonds is 12. The fraction of sp³-hybridized carbons (Fsp3) is 0.367. The number of thiophene rings is 1. The highest BCUT2D eigenvalue weighted by molar-refractivity contribution is 7.87. The van der Waals surface area contributed by atoms with E-state index in [0.717, 1.165) is 51.9 Å². The van der Waals surface area contributed by atoms with Gasteiger partial charge in [-0.3, -0.25) is 4.90 Å². The maximum absolute atomic E-state index is 13.5. The Morgan fingerprint density at radius 1 is 1.20 bits per heavy atom. The van der Waals surface area contributed by atoms with Crippen LogP contribution in [-0.4, -0.2) is 66.9 Å². The minimum absolute atomic E-state index is 0.0734. The Labute approximate surface area is 245 Å². The Hall–Kier alpha value is -3.09. The van der Waals surface area contributed by atoms with Gasteiger partial charge in [0, 0.05) is 55.9 Å². The molecule has 0 radical (unpaired) electrons. The number of aromatic nitrogens is 2. The Morgan fingerprint density at radius 2 is 1.95 bits per heavy atom. The van der Waals surface area contributed by atoms with E-state index < -0.39 is 10.2 Å². The molecule has 0 aliphatic carbocycles. The number of aromatic amines is 1. The Bertz CT molecular complexity index is 1520. The molecule has 2 unspecified atom stereocenters. The highest BCUT2D eigenvalue weighted by Gasteiger charge is 2.35. The summed E-state index contributed by atoms with van der Waals surface area (Å²) in [6, 6.07) is 18.1. The molecule has 2 N–H and O–H groups in total. The molecular formula is C30H36FN5O3S2. The van der Waals surface area contributed by atoms with Gasteiger partial charge in [-0.15, -0.1) is 11.3 Å². The van der Waals surface area contributed by atoms with Gasteiger partial charge < -0.3 is 9.72 Å². The average molecular weight is 598 g/mol. The lowest BCUT2D eigenvalue weighted by Gasteiger charge is -2.29. The van der Waals surface area contributed by atoms with Crippen molar-refractivity contribution in [3.05, 3.63) is 83.1 Å². The summed E-state index contributed by atoms with van der Waals surface area (Å²) in [7, 11) is -2.08. The molecule has 0 bridgehead atoms. The predicted molar refractivity (Wildman–Crippen MR) is 162 cm³/mol. The van der Waals surface area contributed by atoms with Gasteiger partial charge >= 0.3 is 0 Å². The Kier molecular flexibility index (Phi) is 9.20. The number of likely N-dealkylation sites (N-methyl/N-ethyl adjacent to an activating group) is 1. The monoisotopic (exact) mass is 597 g/mol. The van der Waals surface area contributed by atoms with Gasteiger partial charge in [-0.1, -0.05) is 25.1 Å². The number of H-pyrrole nitrogens is 1. The number of halogens is 1. The van der Waals surface area contributed by atoms with E-state index in [0.29, 0.717) is 19.5 Å². The molecule has 1 saturated heterocycles. The second kappa shape index (κ2) is 12.8. The molecule has 1 aliphatic rings. The number of methoxy groups -OCH3 is 1. The minimum atomic E-state index is -3.71. The SMILES string of the molecule is CCN(C1CCN(C(C)c2ccc(F)cc2)C1)S(=O)(=O)NCCc1[nH]c(-c2cccs2)nc1-c1ccc(OC)cc1. The van der Waals surface area contributed by atoms with Crippen LogP contribution in [0.25, 0.3) is 22.0 Å². The summed E-state index contributed by atoms with van der Waals surface area (Å²) >= 11 is 1.60. The van der Waals surface area contributed by atoms with Crippen LogP contribution in [0, 0.1) is 5.82 Å². The van der Waals surface area contributed by atoms with E-state index in [-0.39, 0.29) is 24.4 Å². The fourth-order valence-corrected chi connectivity index (χ4v) is 7.53. The van der Waals surface area contributed by atoms with Crippen molar-refractivity contribution in [2.75, 3.05) is 33.3 Å². The molecule has 4 aromatic rings. The van der Waals surface area contributed by atoms with Crippen LogP contribution in [0.1, 0.15) is 37.6 Å². The molecule has 41 heavy (non-hydrogen) atoms. The molecule has 218 valence electrons. The lowest BCUT2D eigenvalue weighted by Crippen LogP contribution is -2.48. The summed E-state index contributed by atoms with van der Waals surface area (Å²) in [4.78, 5) is 11.6. The summed E-state index contributed by atoms with van der Waals surface area (Å²) in [6.07, 6.45) is 1.20. The van der Waals surface area contributed by atoms with Crippen LogP contribution < -0.4 is 9.46 Å². The molecule has 2 aromatic carbocycles. The molecule has 1 aliphatic heterocycles. The van der Waals surface area contributed by atoms with Crippen LogP contribution in [0.4, 0.5) is 4.39 Å². The molecule has 2 atom stereocenters. The van der Waals surface area contributed by atoms with E-state index in [1.165, 1.54) is 12.1 Å². The fourth-order valence-electron chi connectivity index (χ4n) is 5.43. The van der Waals surface area contributed by atoms with Crippen molar-refractivity contribution in [3.8, 4) is 27.7 Å². The van der Waals surface area contributed by atoms with Gasteiger partial charge in [0.2, 0.25) is 0 Å². The second-order valence-corrected chi connectivity index (χ2v) is 12.8. The third-order valence-electron chi connectivity index (χ3n) is 7.68. The molecule has 3 heterocycles. The van der Waals surface area contributed by atoms with E-state index in [9.17, 15) is 12.8 Å². The van der Waals surface area contributed by atoms with Crippen LogP contribution in [0.2, 0.25) is 0 Å². The van der Waals surface area contributed by atoms with Gasteiger partial charge in [-0.25, -0.2) is 14.1 Å². The zero-order valence-electron chi connectivity index (χ0n) is 23.5. The number of nitrogens with zero attached hydrogens (tertiary/aromatic N) is 3. The van der Waals surface area contributed by atoms with Crippen LogP contribution in [0.3, 0.4) is 0 Å². The first kappa shape index (κ1) is 29.4. The van der Waals surface area contributed by atoms with Gasteiger partial charge in [0.1, 0.15) is 17.4 Å². The van der Waals surface area contributed by atoms with Crippen molar-refractivity contribution >= 4 is 21.5 Å². The number of likely N-dealkylation sites (tertiary alicyclic amines) is 1. The average Bonchev–Trinajstić information content (AvgIpc) is 3.75. The lowest BCUT2D eigenvalue weighted by atomic mass is 10.1. The van der Waals surface area contributed by atoms with Gasteiger partial charge in [-0.05, 0) is 66.8 Å². The van der Waals surface area contributed by atoms with Crippen LogP contribution in [-0.2, 0) is 16.6 Å². The molecule has 8 nitrogen and oxygen atoms in total. The van der Waals surface area contributed by atoms with Gasteiger partial charge in [0.25, 0.3) is 10.2 Å². The van der Waals surface area contributed by atoms with Crippen molar-refractivity contribution in [3.63, 3.8) is 0 Å². The zero-order chi connectivity index (χ0) is 29.0. The first-order chi connectivity index (χ1) is 19.8. The number of nitrogens with one attached hydrogen (secondary N) is 2. The molecule has 0 spiro atoms. The quantitative estimate of drug-likeness (QED) is 0.226. The minimum Gasteiger partial charge on any atom is -0.497 e. The van der Waals surface area contributed by atoms with Crippen LogP contribution >= 0.6 is 11.3 Å². The number of hydrogen-bond acceptors (Lipinski definition) is 6. The molecule has 0 amide bonds. The Balaban J connectivity index is 1.26. The summed E-state index contributed by atoms with van der Waals surface area (Å²) < 4.78 is 50.0. The third-order valence-corrected chi connectivity index (χ3v) is 10.3. The first-order valence-electron chi connectivity index (χ1n) is 13.8. The first-order valence-corrected chi connectivity index (χ1v) is 16.1. The normalized spacial score (nSPS) is 16.9. The van der Waals surface area contributed by atoms with Gasteiger partial charge in [0.15, 0.2) is 0 Å². The summed E-state index contributed by atoms with van der Waals surface area (Å²) in [6.45, 7) is 5.96. The lowest BCUT2D eigenvalue weighted by molar-refractivity contribution is 0.238. The van der Waals surface area contributed by atoms with Crippen LogP contribution in [0.5, 0.6) is 5.75 Å². The van der Waals surface area contributed by atoms with Gasteiger partial charge in [-0.2, -0.15) is 12.7 Å². The molecule has 5 rings (SSSR count). The molecule has 0 saturated carbocycles. The summed E-state index contributed by atoms with van der Waals surface area (Å²) in [5, 5.41) is 2.00. The number of imidazole rings is 1. The van der Waals surface area contributed by atoms with E-state index in [1.807, 2.05) is 48.7 Å². The van der Waals surface area contributed by atoms with E-state index in [4.69, 9.17) is 9.72 Å². The number of hydrogen-bond donors (Lipinski definition) is 2. The third kappa shape index (κ3) is 6.70. The van der Waals surface area contributed by atoms with Crippen molar-refractivity contribution in [2.24, 2.45) is 0 Å². The van der Waals surface area contributed by atoms with Crippen LogP contribution in [0.15, 0.2) is 66.0 Å². The highest BCUT2D eigenvalue weighted by Crippen LogP contribution is 2.30. The maximum atomic E-state index is 13.5. The van der Waals surface area contributed by atoms with Gasteiger partial charge in [0.05, 0.1) is 17.7 Å². The topological polar surface area (TPSA) is 90.6 Å². The Morgan fingerprint density at radius 3 is 2.61 bits per heavy atom. The van der Waals surface area contributed by atoms with Crippen molar-refractivity contribution in [2.45, 2.75) is 38.8 Å². The summed E-state index contributed by atoms with van der Waals surface area (Å²) in [5.41, 5.74) is 3.61. The number of benzene rings is 2. The standard InChI is InChI=1S/C30H36FN5O3S2/c1-4-36(25-16-18-35(20-25)21(2)22-7-11-24(31)12-8-22)41(37,38)32-17-15-27-29(23-9-13-26(39-3)14-10-23)34-30(33-27)28-6-5-19-40-28/h5-14,19,21,25,32H,4,15-18,20H2,1-3H3,(H,33,34). The smallest absolute Gasteiger partial charge is 0.279 e. The van der Waals surface area contributed by atoms with Crippen molar-refractivity contribution in [1.29, 1.82) is 0 Å². The number of ether oxygens (including phenoxy) is 1. The molecule has 1 fully saturated rings. The maximum Gasteiger partial charge on any atom is 0.279 e. The predicted octanol–water partition coefficient (Wildman–Crippen LogP) is 5.49. The van der Waals surface area contributed by atoms with E-state index in [1.54, 1.807) is 34.9 Å². The molecule has 2 aromatic heterocycles. The molecule has 11 heteroatoms. The summed E-state index contributed by atoms with van der Waals surface area (Å²) in [5.74, 6) is 1.26. The van der Waals surface area contributed by atoms with E-state index in [2.05, 4.69) is 21.5 Å². The second-order valence-electron chi connectivity index (χ2n) is 10.1. The largest absolute Gasteiger partial charge is 0.497 e. The van der Waals surface area contributed by atoms with Crippen molar-refractivity contribution in [1.82, 2.24) is 23.9 Å².